The van der Waals surface area contributed by atoms with Gasteiger partial charge < -0.3 is 20.4 Å². The van der Waals surface area contributed by atoms with E-state index in [2.05, 4.69) is 36.0 Å². The van der Waals surface area contributed by atoms with Crippen molar-refractivity contribution < 1.29 is 4.79 Å². The van der Waals surface area contributed by atoms with Crippen LogP contribution in [-0.4, -0.2) is 74.6 Å². The molecular weight excluding hydrogens is 312 g/mol. The summed E-state index contributed by atoms with van der Waals surface area (Å²) in [5, 5.41) is 6.53. The Hall–Kier alpha value is -0.910. The molecule has 25 heavy (non-hydrogen) atoms. The first kappa shape index (κ1) is 26.3. The van der Waals surface area contributed by atoms with Crippen molar-refractivity contribution in [2.75, 3.05) is 58.9 Å². The molecule has 5 heteroatoms. The lowest BCUT2D eigenvalue weighted by atomic mass is 10.1. The molecule has 2 rings (SSSR count). The molecular formula is C20H44N4O. The molecule has 5 nitrogen and oxygen atoms in total. The number of nitrogens with zero attached hydrogens (tertiary/aromatic N) is 2. The molecule has 0 aromatic rings. The van der Waals surface area contributed by atoms with Crippen LogP contribution in [-0.2, 0) is 4.79 Å². The Balaban J connectivity index is 0. The highest BCUT2D eigenvalue weighted by molar-refractivity contribution is 5.87. The SMILES string of the molecule is C=CC(=O)N1CCNCC1.CC.CC.CCC(C)CN1CCNCC1. The van der Waals surface area contributed by atoms with Gasteiger partial charge in [-0.1, -0.05) is 54.5 Å². The van der Waals surface area contributed by atoms with Crippen LogP contribution in [0.25, 0.3) is 0 Å². The van der Waals surface area contributed by atoms with Crippen LogP contribution in [0.1, 0.15) is 48.0 Å². The molecule has 2 aliphatic heterocycles. The van der Waals surface area contributed by atoms with E-state index in [1.54, 1.807) is 4.90 Å². The van der Waals surface area contributed by atoms with Crippen molar-refractivity contribution in [3.63, 3.8) is 0 Å². The third-order valence-electron chi connectivity index (χ3n) is 4.08. The van der Waals surface area contributed by atoms with Crippen LogP contribution in [0.3, 0.4) is 0 Å². The van der Waals surface area contributed by atoms with Crippen molar-refractivity contribution in [3.05, 3.63) is 12.7 Å². The van der Waals surface area contributed by atoms with Gasteiger partial charge in [0.05, 0.1) is 0 Å². The van der Waals surface area contributed by atoms with Gasteiger partial charge in [0.15, 0.2) is 0 Å². The van der Waals surface area contributed by atoms with E-state index >= 15 is 0 Å². The average Bonchev–Trinajstić information content (AvgIpc) is 2.72. The fraction of sp³-hybridized carbons (Fsp3) is 0.850. The van der Waals surface area contributed by atoms with E-state index in [0.717, 1.165) is 32.1 Å². The van der Waals surface area contributed by atoms with E-state index in [1.165, 1.54) is 45.2 Å². The van der Waals surface area contributed by atoms with Gasteiger partial charge in [-0.05, 0) is 12.0 Å². The highest BCUT2D eigenvalue weighted by Gasteiger charge is 2.12. The van der Waals surface area contributed by atoms with Crippen molar-refractivity contribution in [1.82, 2.24) is 20.4 Å². The van der Waals surface area contributed by atoms with Gasteiger partial charge in [-0.2, -0.15) is 0 Å². The van der Waals surface area contributed by atoms with Crippen molar-refractivity contribution in [2.24, 2.45) is 5.92 Å². The Morgan fingerprint density at radius 2 is 1.44 bits per heavy atom. The molecule has 1 amide bonds. The highest BCUT2D eigenvalue weighted by atomic mass is 16.2. The van der Waals surface area contributed by atoms with E-state index in [4.69, 9.17) is 0 Å². The Labute approximate surface area is 157 Å². The zero-order valence-electron chi connectivity index (χ0n) is 17.7. The maximum Gasteiger partial charge on any atom is 0.246 e. The van der Waals surface area contributed by atoms with Crippen LogP contribution < -0.4 is 10.6 Å². The molecule has 0 aromatic heterocycles. The predicted octanol–water partition coefficient (Wildman–Crippen LogP) is 2.59. The Morgan fingerprint density at radius 1 is 1.00 bits per heavy atom. The molecule has 150 valence electrons. The summed E-state index contributed by atoms with van der Waals surface area (Å²) in [6, 6.07) is 0. The topological polar surface area (TPSA) is 47.6 Å². The smallest absolute Gasteiger partial charge is 0.246 e. The lowest BCUT2D eigenvalue weighted by Crippen LogP contribution is -2.45. The van der Waals surface area contributed by atoms with Gasteiger partial charge in [0.2, 0.25) is 5.91 Å². The van der Waals surface area contributed by atoms with E-state index in [0.29, 0.717) is 0 Å². The summed E-state index contributed by atoms with van der Waals surface area (Å²) in [4.78, 5) is 15.3. The van der Waals surface area contributed by atoms with Gasteiger partial charge in [-0.3, -0.25) is 4.79 Å². The normalized spacial score (nSPS) is 18.2. The number of carbonyl (C=O) groups is 1. The second-order valence-corrected chi connectivity index (χ2v) is 5.84. The number of amides is 1. The Kier molecular flexibility index (Phi) is 20.4. The van der Waals surface area contributed by atoms with E-state index in [9.17, 15) is 4.79 Å². The fourth-order valence-corrected chi connectivity index (χ4v) is 2.48. The van der Waals surface area contributed by atoms with Crippen LogP contribution in [0.4, 0.5) is 0 Å². The summed E-state index contributed by atoms with van der Waals surface area (Å²) in [7, 11) is 0. The molecule has 2 aliphatic rings. The van der Waals surface area contributed by atoms with Crippen molar-refractivity contribution in [2.45, 2.75) is 48.0 Å². The minimum atomic E-state index is 0.0431. The first-order valence-electron chi connectivity index (χ1n) is 10.2. The first-order valence-corrected chi connectivity index (χ1v) is 10.2. The third kappa shape index (κ3) is 14.0. The molecule has 0 aliphatic carbocycles. The van der Waals surface area contributed by atoms with E-state index in [-0.39, 0.29) is 5.91 Å². The lowest BCUT2D eigenvalue weighted by molar-refractivity contribution is -0.126. The predicted molar refractivity (Wildman–Crippen MR) is 111 cm³/mol. The molecule has 1 unspecified atom stereocenters. The van der Waals surface area contributed by atoms with Crippen LogP contribution in [0, 0.1) is 5.92 Å². The lowest BCUT2D eigenvalue weighted by Gasteiger charge is -2.29. The third-order valence-corrected chi connectivity index (χ3v) is 4.08. The largest absolute Gasteiger partial charge is 0.337 e. The minimum Gasteiger partial charge on any atom is -0.337 e. The number of nitrogens with one attached hydrogen (secondary N) is 2. The molecule has 2 N–H and O–H groups in total. The van der Waals surface area contributed by atoms with Crippen molar-refractivity contribution in [3.8, 4) is 0 Å². The number of hydrogen-bond acceptors (Lipinski definition) is 4. The summed E-state index contributed by atoms with van der Waals surface area (Å²) in [6.07, 6.45) is 2.68. The summed E-state index contributed by atoms with van der Waals surface area (Å²) in [5.74, 6) is 0.912. The van der Waals surface area contributed by atoms with Gasteiger partial charge in [-0.25, -0.2) is 0 Å². The zero-order valence-corrected chi connectivity index (χ0v) is 17.7. The fourth-order valence-electron chi connectivity index (χ4n) is 2.48. The quantitative estimate of drug-likeness (QED) is 0.760. The molecule has 0 saturated carbocycles. The maximum absolute atomic E-state index is 10.9. The summed E-state index contributed by atoms with van der Waals surface area (Å²) >= 11 is 0. The van der Waals surface area contributed by atoms with Crippen LogP contribution in [0.2, 0.25) is 0 Å². The van der Waals surface area contributed by atoms with Crippen LogP contribution in [0.5, 0.6) is 0 Å². The second kappa shape index (κ2) is 19.4. The molecule has 1 atom stereocenters. The van der Waals surface area contributed by atoms with Gasteiger partial charge in [0.1, 0.15) is 0 Å². The average molecular weight is 357 g/mol. The van der Waals surface area contributed by atoms with Crippen LogP contribution >= 0.6 is 0 Å². The standard InChI is InChI=1S/C9H20N2.C7H12N2O.2C2H6/c1-3-9(2)8-11-6-4-10-5-7-11;1-2-7(10)9-5-3-8-4-6-9;2*1-2/h9-10H,3-8H2,1-2H3;2,8H,1,3-6H2;2*1-2H3. The van der Waals surface area contributed by atoms with Gasteiger partial charge >= 0.3 is 0 Å². The minimum absolute atomic E-state index is 0.0431. The van der Waals surface area contributed by atoms with Gasteiger partial charge in [0.25, 0.3) is 0 Å². The molecule has 0 bridgehead atoms. The summed E-state index contributed by atoms with van der Waals surface area (Å²) in [5.41, 5.74) is 0. The molecule has 2 fully saturated rings. The summed E-state index contributed by atoms with van der Waals surface area (Å²) < 4.78 is 0. The highest BCUT2D eigenvalue weighted by Crippen LogP contribution is 2.04. The van der Waals surface area contributed by atoms with Gasteiger partial charge in [-0.15, -0.1) is 0 Å². The molecule has 2 saturated heterocycles. The Morgan fingerprint density at radius 3 is 1.84 bits per heavy atom. The number of piperazine rings is 2. The van der Waals surface area contributed by atoms with Crippen LogP contribution in [0.15, 0.2) is 12.7 Å². The maximum atomic E-state index is 10.9. The van der Waals surface area contributed by atoms with E-state index < -0.39 is 0 Å². The number of hydrogen-bond donors (Lipinski definition) is 2. The van der Waals surface area contributed by atoms with E-state index in [1.807, 2.05) is 27.7 Å². The Bertz CT molecular complexity index is 298. The molecule has 0 aromatic carbocycles. The first-order chi connectivity index (χ1) is 12.2. The number of rotatable bonds is 4. The van der Waals surface area contributed by atoms with Crippen molar-refractivity contribution in [1.29, 1.82) is 0 Å². The number of carbonyl (C=O) groups excluding carboxylic acids is 1. The summed E-state index contributed by atoms with van der Waals surface area (Å²) in [6.45, 7) is 25.6. The molecule has 0 spiro atoms. The molecule has 2 heterocycles. The zero-order chi connectivity index (χ0) is 19.5. The molecule has 0 radical (unpaired) electrons. The van der Waals surface area contributed by atoms with Gasteiger partial charge in [0, 0.05) is 58.9 Å². The second-order valence-electron chi connectivity index (χ2n) is 5.84. The monoisotopic (exact) mass is 356 g/mol. The van der Waals surface area contributed by atoms with Crippen molar-refractivity contribution >= 4 is 5.91 Å².